The van der Waals surface area contributed by atoms with Crippen molar-refractivity contribution in [1.29, 1.82) is 0 Å². The van der Waals surface area contributed by atoms with Crippen LogP contribution in [0.15, 0.2) is 53.4 Å². The molecule has 2 aromatic rings. The van der Waals surface area contributed by atoms with E-state index in [2.05, 4.69) is 0 Å². The molecular formula is C17H18FNO2S. The fraction of sp³-hybridized carbons (Fsp3) is 0.294. The SMILES string of the molecule is CN1CC(C)(S(=O)(=O)c2ccc(-c3ccccc3F)cc2)C1. The average molecular weight is 319 g/mol. The van der Waals surface area contributed by atoms with Crippen LogP contribution < -0.4 is 0 Å². The zero-order valence-electron chi connectivity index (χ0n) is 12.6. The summed E-state index contributed by atoms with van der Waals surface area (Å²) in [6, 6.07) is 12.9. The van der Waals surface area contributed by atoms with Gasteiger partial charge in [0.1, 0.15) is 5.82 Å². The molecule has 0 saturated carbocycles. The third kappa shape index (κ3) is 2.34. The van der Waals surface area contributed by atoms with Gasteiger partial charge in [-0.2, -0.15) is 0 Å². The number of sulfone groups is 1. The molecule has 0 N–H and O–H groups in total. The van der Waals surface area contributed by atoms with Gasteiger partial charge in [0.05, 0.1) is 9.64 Å². The Morgan fingerprint density at radius 2 is 1.64 bits per heavy atom. The molecule has 2 aromatic carbocycles. The third-order valence-electron chi connectivity index (χ3n) is 4.21. The van der Waals surface area contributed by atoms with Crippen LogP contribution >= 0.6 is 0 Å². The predicted octanol–water partition coefficient (Wildman–Crippen LogP) is 2.97. The lowest BCUT2D eigenvalue weighted by molar-refractivity contribution is 0.168. The Labute approximate surface area is 130 Å². The molecule has 1 fully saturated rings. The first-order valence-corrected chi connectivity index (χ1v) is 8.60. The van der Waals surface area contributed by atoms with E-state index in [4.69, 9.17) is 0 Å². The highest BCUT2D eigenvalue weighted by atomic mass is 32.2. The summed E-state index contributed by atoms with van der Waals surface area (Å²) in [6.07, 6.45) is 0. The summed E-state index contributed by atoms with van der Waals surface area (Å²) in [6.45, 7) is 2.84. The molecule has 116 valence electrons. The molecule has 1 aliphatic heterocycles. The number of hydrogen-bond acceptors (Lipinski definition) is 3. The van der Waals surface area contributed by atoms with E-state index in [0.29, 0.717) is 29.1 Å². The van der Waals surface area contributed by atoms with Gasteiger partial charge in [-0.1, -0.05) is 30.3 Å². The van der Waals surface area contributed by atoms with E-state index in [1.165, 1.54) is 6.07 Å². The van der Waals surface area contributed by atoms with Crippen molar-refractivity contribution in [2.45, 2.75) is 16.6 Å². The van der Waals surface area contributed by atoms with Crippen molar-refractivity contribution in [1.82, 2.24) is 4.90 Å². The number of rotatable bonds is 3. The molecule has 0 radical (unpaired) electrons. The normalized spacial score (nSPS) is 18.0. The van der Waals surface area contributed by atoms with Gasteiger partial charge in [0.25, 0.3) is 0 Å². The summed E-state index contributed by atoms with van der Waals surface area (Å²) in [5.74, 6) is -0.314. The number of benzene rings is 2. The quantitative estimate of drug-likeness (QED) is 0.873. The highest BCUT2D eigenvalue weighted by Crippen LogP contribution is 2.34. The maximum absolute atomic E-state index is 13.8. The Balaban J connectivity index is 1.94. The van der Waals surface area contributed by atoms with Crippen molar-refractivity contribution in [3.63, 3.8) is 0 Å². The molecular weight excluding hydrogens is 301 g/mol. The molecule has 3 nitrogen and oxygen atoms in total. The molecule has 0 amide bonds. The van der Waals surface area contributed by atoms with Gasteiger partial charge >= 0.3 is 0 Å². The zero-order chi connectivity index (χ0) is 16.0. The summed E-state index contributed by atoms with van der Waals surface area (Å²) >= 11 is 0. The van der Waals surface area contributed by atoms with Crippen molar-refractivity contribution >= 4 is 9.84 Å². The molecule has 0 spiro atoms. The number of halogens is 1. The van der Waals surface area contributed by atoms with Crippen molar-refractivity contribution in [2.75, 3.05) is 20.1 Å². The Bertz CT molecular complexity index is 794. The van der Waals surface area contributed by atoms with E-state index in [-0.39, 0.29) is 5.82 Å². The molecule has 1 heterocycles. The summed E-state index contributed by atoms with van der Waals surface area (Å²) in [5.41, 5.74) is 1.15. The van der Waals surface area contributed by atoms with Crippen LogP contribution in [-0.2, 0) is 9.84 Å². The summed E-state index contributed by atoms with van der Waals surface area (Å²) in [5, 5.41) is 0. The van der Waals surface area contributed by atoms with Crippen molar-refractivity contribution in [3.8, 4) is 11.1 Å². The van der Waals surface area contributed by atoms with Crippen LogP contribution in [0.2, 0.25) is 0 Å². The van der Waals surface area contributed by atoms with E-state index in [0.717, 1.165) is 0 Å². The minimum atomic E-state index is -3.38. The van der Waals surface area contributed by atoms with Gasteiger partial charge < -0.3 is 4.90 Å². The van der Waals surface area contributed by atoms with Gasteiger partial charge in [-0.3, -0.25) is 0 Å². The molecule has 0 bridgehead atoms. The third-order valence-corrected chi connectivity index (χ3v) is 6.66. The summed E-state index contributed by atoms with van der Waals surface area (Å²) < 4.78 is 38.4. The topological polar surface area (TPSA) is 37.4 Å². The average Bonchev–Trinajstić information content (AvgIpc) is 2.46. The second-order valence-electron chi connectivity index (χ2n) is 6.13. The fourth-order valence-electron chi connectivity index (χ4n) is 3.06. The molecule has 0 atom stereocenters. The van der Waals surface area contributed by atoms with Gasteiger partial charge in [-0.05, 0) is 37.7 Å². The first-order valence-electron chi connectivity index (χ1n) is 7.12. The molecule has 3 rings (SSSR count). The lowest BCUT2D eigenvalue weighted by atomic mass is 10.0. The standard InChI is InChI=1S/C17H18FNO2S/c1-17(11-19(2)12-17)22(20,21)14-9-7-13(8-10-14)15-5-3-4-6-16(15)18/h3-10H,11-12H2,1-2H3. The van der Waals surface area contributed by atoms with Gasteiger partial charge in [0.2, 0.25) is 0 Å². The molecule has 0 aliphatic carbocycles. The summed E-state index contributed by atoms with van der Waals surface area (Å²) in [4.78, 5) is 2.27. The maximum atomic E-state index is 13.8. The van der Waals surface area contributed by atoms with E-state index in [1.807, 2.05) is 11.9 Å². The Kier molecular flexibility index (Phi) is 3.57. The van der Waals surface area contributed by atoms with Crippen molar-refractivity contribution < 1.29 is 12.8 Å². The van der Waals surface area contributed by atoms with Crippen LogP contribution in [0.5, 0.6) is 0 Å². The van der Waals surface area contributed by atoms with E-state index in [1.54, 1.807) is 49.4 Å². The van der Waals surface area contributed by atoms with Gasteiger partial charge in [0, 0.05) is 18.7 Å². The van der Waals surface area contributed by atoms with E-state index >= 15 is 0 Å². The highest BCUT2D eigenvalue weighted by molar-refractivity contribution is 7.93. The highest BCUT2D eigenvalue weighted by Gasteiger charge is 2.48. The Morgan fingerprint density at radius 1 is 1.05 bits per heavy atom. The first-order chi connectivity index (χ1) is 10.3. The molecule has 0 aromatic heterocycles. The van der Waals surface area contributed by atoms with Crippen LogP contribution in [0.25, 0.3) is 11.1 Å². The minimum Gasteiger partial charge on any atom is -0.303 e. The Hall–Kier alpha value is -1.72. The van der Waals surface area contributed by atoms with Crippen LogP contribution in [0.1, 0.15) is 6.92 Å². The van der Waals surface area contributed by atoms with Gasteiger partial charge in [0.15, 0.2) is 9.84 Å². The first kappa shape index (κ1) is 15.2. The van der Waals surface area contributed by atoms with Crippen LogP contribution in [0.4, 0.5) is 4.39 Å². The van der Waals surface area contributed by atoms with Crippen molar-refractivity contribution in [3.05, 3.63) is 54.3 Å². The van der Waals surface area contributed by atoms with Gasteiger partial charge in [-0.15, -0.1) is 0 Å². The molecule has 0 unspecified atom stereocenters. The number of likely N-dealkylation sites (tertiary alicyclic amines) is 1. The zero-order valence-corrected chi connectivity index (χ0v) is 13.4. The smallest absolute Gasteiger partial charge is 0.186 e. The van der Waals surface area contributed by atoms with Gasteiger partial charge in [-0.25, -0.2) is 12.8 Å². The fourth-order valence-corrected chi connectivity index (χ4v) is 4.90. The molecule has 1 saturated heterocycles. The monoisotopic (exact) mass is 319 g/mol. The van der Waals surface area contributed by atoms with E-state index in [9.17, 15) is 12.8 Å². The van der Waals surface area contributed by atoms with Crippen LogP contribution in [0.3, 0.4) is 0 Å². The van der Waals surface area contributed by atoms with E-state index < -0.39 is 14.6 Å². The second-order valence-corrected chi connectivity index (χ2v) is 8.59. The van der Waals surface area contributed by atoms with Crippen molar-refractivity contribution in [2.24, 2.45) is 0 Å². The second kappa shape index (κ2) is 5.18. The minimum absolute atomic E-state index is 0.295. The summed E-state index contributed by atoms with van der Waals surface area (Å²) in [7, 11) is -1.48. The molecule has 5 heteroatoms. The lowest BCUT2D eigenvalue weighted by Gasteiger charge is -2.45. The van der Waals surface area contributed by atoms with Crippen LogP contribution in [0, 0.1) is 5.82 Å². The maximum Gasteiger partial charge on any atom is 0.186 e. The predicted molar refractivity (Wildman–Crippen MR) is 84.9 cm³/mol. The lowest BCUT2D eigenvalue weighted by Crippen LogP contribution is -2.62. The Morgan fingerprint density at radius 3 is 2.18 bits per heavy atom. The van der Waals surface area contributed by atoms with Crippen LogP contribution in [-0.4, -0.2) is 38.2 Å². The number of nitrogens with zero attached hydrogens (tertiary/aromatic N) is 1. The molecule has 22 heavy (non-hydrogen) atoms. The molecule has 1 aliphatic rings. The largest absolute Gasteiger partial charge is 0.303 e. The number of hydrogen-bond donors (Lipinski definition) is 0.